The molecule has 0 radical (unpaired) electrons. The van der Waals surface area contributed by atoms with Crippen molar-refractivity contribution in [3.05, 3.63) is 46.4 Å². The molecular weight excluding hydrogens is 262 g/mol. The highest BCUT2D eigenvalue weighted by atomic mass is 32.1. The Morgan fingerprint density at radius 3 is 3.00 bits per heavy atom. The molecule has 100 valence electrons. The molecule has 2 N–H and O–H groups in total. The molecule has 0 spiro atoms. The maximum Gasteiger partial charge on any atom is 0.261 e. The van der Waals surface area contributed by atoms with Crippen LogP contribution in [0.1, 0.15) is 24.7 Å². The zero-order valence-electron chi connectivity index (χ0n) is 10.6. The van der Waals surface area contributed by atoms with E-state index in [9.17, 15) is 4.79 Å². The molecule has 6 nitrogen and oxygen atoms in total. The lowest BCUT2D eigenvalue weighted by Gasteiger charge is -2.08. The summed E-state index contributed by atoms with van der Waals surface area (Å²) in [5, 5.41) is 4.13. The van der Waals surface area contributed by atoms with Crippen molar-refractivity contribution < 1.29 is 0 Å². The minimum atomic E-state index is -0.207. The zero-order valence-corrected chi connectivity index (χ0v) is 11.4. The normalized spacial score (nSPS) is 10.6. The minimum Gasteiger partial charge on any atom is -0.389 e. The van der Waals surface area contributed by atoms with Crippen LogP contribution in [0, 0.1) is 0 Å². The highest BCUT2D eigenvalue weighted by Crippen LogP contribution is 2.00. The number of aromatic nitrogens is 4. The third-order valence-electron chi connectivity index (χ3n) is 2.73. The quantitative estimate of drug-likeness (QED) is 0.807. The topological polar surface area (TPSA) is 78.7 Å². The Balaban J connectivity index is 2.33. The third kappa shape index (κ3) is 2.87. The molecule has 0 saturated heterocycles. The van der Waals surface area contributed by atoms with Gasteiger partial charge < -0.3 is 10.3 Å². The van der Waals surface area contributed by atoms with E-state index in [1.165, 1.54) is 10.9 Å². The average molecular weight is 277 g/mol. The molecule has 0 atom stereocenters. The molecule has 2 aromatic heterocycles. The predicted octanol–water partition coefficient (Wildman–Crippen LogP) is 0.532. The number of nitrogens with two attached hydrogens (primary N) is 1. The Labute approximate surface area is 115 Å². The van der Waals surface area contributed by atoms with Gasteiger partial charge in [0.15, 0.2) is 0 Å². The average Bonchev–Trinajstić information content (AvgIpc) is 2.79. The molecule has 0 unspecified atom stereocenters. The largest absolute Gasteiger partial charge is 0.389 e. The molecule has 0 saturated carbocycles. The highest BCUT2D eigenvalue weighted by Gasteiger charge is 2.09. The first-order valence-corrected chi connectivity index (χ1v) is 6.40. The Morgan fingerprint density at radius 1 is 1.53 bits per heavy atom. The molecule has 0 aromatic carbocycles. The van der Waals surface area contributed by atoms with Gasteiger partial charge in [-0.25, -0.2) is 9.67 Å². The van der Waals surface area contributed by atoms with Crippen molar-refractivity contribution in [3.8, 4) is 0 Å². The van der Waals surface area contributed by atoms with Gasteiger partial charge in [-0.15, -0.1) is 0 Å². The van der Waals surface area contributed by atoms with E-state index in [2.05, 4.69) is 17.0 Å². The SMILES string of the molecule is CCCn1ncnc1Cn1cccc(C(N)=S)c1=O. The van der Waals surface area contributed by atoms with Gasteiger partial charge >= 0.3 is 0 Å². The van der Waals surface area contributed by atoms with Crippen LogP contribution < -0.4 is 11.3 Å². The molecule has 19 heavy (non-hydrogen) atoms. The van der Waals surface area contributed by atoms with Crippen LogP contribution in [0.2, 0.25) is 0 Å². The van der Waals surface area contributed by atoms with Crippen LogP contribution in [0.5, 0.6) is 0 Å². The fraction of sp³-hybridized carbons (Fsp3) is 0.333. The first-order valence-electron chi connectivity index (χ1n) is 5.99. The maximum atomic E-state index is 12.1. The fourth-order valence-corrected chi connectivity index (χ4v) is 1.97. The molecule has 7 heteroatoms. The molecule has 2 rings (SSSR count). The van der Waals surface area contributed by atoms with Crippen molar-refractivity contribution in [2.75, 3.05) is 0 Å². The molecule has 0 bridgehead atoms. The van der Waals surface area contributed by atoms with Gasteiger partial charge in [0, 0.05) is 12.7 Å². The maximum absolute atomic E-state index is 12.1. The molecular formula is C12H15N5OS. The van der Waals surface area contributed by atoms with Crippen LogP contribution in [-0.4, -0.2) is 24.3 Å². The number of thiocarbonyl (C=S) groups is 1. The monoisotopic (exact) mass is 277 g/mol. The highest BCUT2D eigenvalue weighted by molar-refractivity contribution is 7.80. The molecule has 0 fully saturated rings. The summed E-state index contributed by atoms with van der Waals surface area (Å²) in [6.07, 6.45) is 4.14. The summed E-state index contributed by atoms with van der Waals surface area (Å²) in [6.45, 7) is 3.19. The molecule has 0 aliphatic carbocycles. The van der Waals surface area contributed by atoms with Crippen LogP contribution in [-0.2, 0) is 13.1 Å². The van der Waals surface area contributed by atoms with Crippen molar-refractivity contribution in [3.63, 3.8) is 0 Å². The summed E-state index contributed by atoms with van der Waals surface area (Å²) in [7, 11) is 0. The number of nitrogens with zero attached hydrogens (tertiary/aromatic N) is 4. The second kappa shape index (κ2) is 5.75. The van der Waals surface area contributed by atoms with E-state index in [1.807, 2.05) is 0 Å². The van der Waals surface area contributed by atoms with E-state index >= 15 is 0 Å². The lowest BCUT2D eigenvalue weighted by Crippen LogP contribution is -2.29. The van der Waals surface area contributed by atoms with Crippen LogP contribution in [0.3, 0.4) is 0 Å². The Morgan fingerprint density at radius 2 is 2.32 bits per heavy atom. The summed E-state index contributed by atoms with van der Waals surface area (Å²) < 4.78 is 3.32. The van der Waals surface area contributed by atoms with Crippen molar-refractivity contribution in [1.82, 2.24) is 19.3 Å². The molecule has 0 aliphatic rings. The van der Waals surface area contributed by atoms with Gasteiger partial charge in [0.05, 0.1) is 12.1 Å². The van der Waals surface area contributed by atoms with Gasteiger partial charge in [-0.2, -0.15) is 5.10 Å². The van der Waals surface area contributed by atoms with E-state index in [4.69, 9.17) is 18.0 Å². The van der Waals surface area contributed by atoms with Gasteiger partial charge in [-0.05, 0) is 18.6 Å². The number of pyridine rings is 1. The van der Waals surface area contributed by atoms with Crippen LogP contribution in [0.25, 0.3) is 0 Å². The molecule has 2 aromatic rings. The van der Waals surface area contributed by atoms with Gasteiger partial charge in [0.2, 0.25) is 0 Å². The van der Waals surface area contributed by atoms with E-state index < -0.39 is 0 Å². The van der Waals surface area contributed by atoms with Gasteiger partial charge in [-0.3, -0.25) is 4.79 Å². The van der Waals surface area contributed by atoms with Crippen molar-refractivity contribution in [2.24, 2.45) is 5.73 Å². The van der Waals surface area contributed by atoms with Gasteiger partial charge in [0.25, 0.3) is 5.56 Å². The van der Waals surface area contributed by atoms with E-state index in [0.29, 0.717) is 12.1 Å². The fourth-order valence-electron chi connectivity index (χ4n) is 1.81. The number of rotatable bonds is 5. The molecule has 0 amide bonds. The number of aryl methyl sites for hydroxylation is 1. The standard InChI is InChI=1S/C12H15N5OS/c1-2-5-17-10(14-8-15-17)7-16-6-3-4-9(11(13)19)12(16)18/h3-4,6,8H,2,5,7H2,1H3,(H2,13,19). The Bertz CT molecular complexity index is 646. The van der Waals surface area contributed by atoms with Crippen LogP contribution in [0.15, 0.2) is 29.5 Å². The summed E-state index contributed by atoms with van der Waals surface area (Å²) in [6, 6.07) is 3.37. The zero-order chi connectivity index (χ0) is 13.8. The third-order valence-corrected chi connectivity index (χ3v) is 2.95. The minimum absolute atomic E-state index is 0.106. The van der Waals surface area contributed by atoms with Crippen LogP contribution >= 0.6 is 12.2 Å². The summed E-state index contributed by atoms with van der Waals surface area (Å²) in [4.78, 5) is 16.4. The lowest BCUT2D eigenvalue weighted by molar-refractivity contribution is 0.550. The van der Waals surface area contributed by atoms with Gasteiger partial charge in [-0.1, -0.05) is 19.1 Å². The van der Waals surface area contributed by atoms with E-state index in [-0.39, 0.29) is 10.5 Å². The first kappa shape index (κ1) is 13.4. The van der Waals surface area contributed by atoms with Crippen molar-refractivity contribution in [1.29, 1.82) is 0 Å². The van der Waals surface area contributed by atoms with E-state index in [0.717, 1.165) is 18.8 Å². The summed E-state index contributed by atoms with van der Waals surface area (Å²) in [5.74, 6) is 0.740. The second-order valence-electron chi connectivity index (χ2n) is 4.12. The smallest absolute Gasteiger partial charge is 0.261 e. The predicted molar refractivity (Wildman–Crippen MR) is 76.0 cm³/mol. The van der Waals surface area contributed by atoms with Crippen LogP contribution in [0.4, 0.5) is 0 Å². The van der Waals surface area contributed by atoms with Crippen molar-refractivity contribution >= 4 is 17.2 Å². The number of hydrogen-bond donors (Lipinski definition) is 1. The molecule has 2 heterocycles. The lowest BCUT2D eigenvalue weighted by atomic mass is 10.3. The van der Waals surface area contributed by atoms with E-state index in [1.54, 1.807) is 23.0 Å². The molecule has 0 aliphatic heterocycles. The van der Waals surface area contributed by atoms with Crippen molar-refractivity contribution in [2.45, 2.75) is 26.4 Å². The summed E-state index contributed by atoms with van der Waals surface area (Å²) in [5.41, 5.74) is 5.66. The van der Waals surface area contributed by atoms with Gasteiger partial charge in [0.1, 0.15) is 17.1 Å². The number of hydrogen-bond acceptors (Lipinski definition) is 4. The summed E-state index contributed by atoms with van der Waals surface area (Å²) >= 11 is 4.86. The Kier molecular flexibility index (Phi) is 4.06. The first-order chi connectivity index (χ1) is 9.13. The Hall–Kier alpha value is -2.02. The second-order valence-corrected chi connectivity index (χ2v) is 4.56.